The first-order valence-corrected chi connectivity index (χ1v) is 9.84. The van der Waals surface area contributed by atoms with E-state index in [1.165, 1.54) is 29.6 Å². The molecule has 144 valence electrons. The molecule has 0 saturated carbocycles. The maximum atomic E-state index is 12.8. The van der Waals surface area contributed by atoms with Gasteiger partial charge in [-0.25, -0.2) is 13.2 Å². The molecular formula is C17H24N2O6S. The lowest BCUT2D eigenvalue weighted by atomic mass is 10.0. The number of carboxylic acids is 1. The van der Waals surface area contributed by atoms with Crippen LogP contribution >= 0.6 is 0 Å². The fourth-order valence-electron chi connectivity index (χ4n) is 2.83. The number of ether oxygens (including phenoxy) is 1. The van der Waals surface area contributed by atoms with Crippen LogP contribution < -0.4 is 10.1 Å². The number of nitrogens with one attached hydrogen (secondary N) is 1. The Morgan fingerprint density at radius 3 is 2.35 bits per heavy atom. The number of hydrogen-bond acceptors (Lipinski definition) is 5. The van der Waals surface area contributed by atoms with Crippen molar-refractivity contribution in [2.24, 2.45) is 5.92 Å². The van der Waals surface area contributed by atoms with Crippen LogP contribution in [0.3, 0.4) is 0 Å². The lowest BCUT2D eigenvalue weighted by Gasteiger charge is -2.20. The predicted octanol–water partition coefficient (Wildman–Crippen LogP) is 1.32. The molecule has 26 heavy (non-hydrogen) atoms. The van der Waals surface area contributed by atoms with Gasteiger partial charge in [0.05, 0.1) is 7.11 Å². The molecule has 9 heteroatoms. The molecular weight excluding hydrogens is 360 g/mol. The smallest absolute Gasteiger partial charge is 0.326 e. The van der Waals surface area contributed by atoms with Crippen molar-refractivity contribution in [3.8, 4) is 5.75 Å². The zero-order valence-corrected chi connectivity index (χ0v) is 15.9. The number of benzene rings is 1. The van der Waals surface area contributed by atoms with Crippen molar-refractivity contribution in [2.75, 3.05) is 20.2 Å². The molecule has 0 bridgehead atoms. The number of carboxylic acid groups (broad SMARTS) is 1. The minimum atomic E-state index is -3.79. The number of amides is 1. The Bertz CT molecular complexity index is 784. The fourth-order valence-corrected chi connectivity index (χ4v) is 4.52. The van der Waals surface area contributed by atoms with E-state index in [0.29, 0.717) is 13.1 Å². The highest BCUT2D eigenvalue weighted by molar-refractivity contribution is 7.89. The summed E-state index contributed by atoms with van der Waals surface area (Å²) in [6, 6.07) is 2.99. The highest BCUT2D eigenvalue weighted by atomic mass is 32.2. The first-order valence-electron chi connectivity index (χ1n) is 8.40. The zero-order chi connectivity index (χ0) is 19.5. The maximum absolute atomic E-state index is 12.8. The zero-order valence-electron chi connectivity index (χ0n) is 15.1. The monoisotopic (exact) mass is 384 g/mol. The molecule has 0 radical (unpaired) electrons. The standard InChI is InChI=1S/C17H24N2O6S/c1-11(2)15(17(21)22)18-16(20)12-6-7-13(25-3)14(10-12)26(23,24)19-8-4-5-9-19/h6-7,10-11,15H,4-5,8-9H2,1-3H3,(H,18,20)(H,21,22). The molecule has 1 aliphatic heterocycles. The van der Waals surface area contributed by atoms with Gasteiger partial charge in [0, 0.05) is 18.7 Å². The predicted molar refractivity (Wildman–Crippen MR) is 94.7 cm³/mol. The van der Waals surface area contributed by atoms with Crippen LogP contribution in [0.25, 0.3) is 0 Å². The molecule has 1 saturated heterocycles. The summed E-state index contributed by atoms with van der Waals surface area (Å²) in [5, 5.41) is 11.6. The van der Waals surface area contributed by atoms with Gasteiger partial charge in [-0.3, -0.25) is 4.79 Å². The number of rotatable bonds is 7. The van der Waals surface area contributed by atoms with E-state index in [4.69, 9.17) is 4.74 Å². The lowest BCUT2D eigenvalue weighted by molar-refractivity contribution is -0.140. The summed E-state index contributed by atoms with van der Waals surface area (Å²) in [6.45, 7) is 4.21. The van der Waals surface area contributed by atoms with E-state index in [9.17, 15) is 23.1 Å². The van der Waals surface area contributed by atoms with Gasteiger partial charge in [-0.15, -0.1) is 0 Å². The summed E-state index contributed by atoms with van der Waals surface area (Å²) < 4.78 is 32.2. The van der Waals surface area contributed by atoms with Crippen LogP contribution in [0.4, 0.5) is 0 Å². The summed E-state index contributed by atoms with van der Waals surface area (Å²) in [6.07, 6.45) is 1.58. The minimum Gasteiger partial charge on any atom is -0.495 e. The van der Waals surface area contributed by atoms with Gasteiger partial charge in [0.1, 0.15) is 16.7 Å². The van der Waals surface area contributed by atoms with Gasteiger partial charge in [0.25, 0.3) is 5.91 Å². The Hall–Kier alpha value is -2.13. The van der Waals surface area contributed by atoms with Crippen LogP contribution in [0.15, 0.2) is 23.1 Å². The molecule has 1 aromatic carbocycles. The topological polar surface area (TPSA) is 113 Å². The number of hydrogen-bond donors (Lipinski definition) is 2. The number of methoxy groups -OCH3 is 1. The lowest BCUT2D eigenvalue weighted by Crippen LogP contribution is -2.44. The normalized spacial score (nSPS) is 16.5. The summed E-state index contributed by atoms with van der Waals surface area (Å²) in [7, 11) is -2.43. The highest BCUT2D eigenvalue weighted by Crippen LogP contribution is 2.29. The van der Waals surface area contributed by atoms with E-state index in [2.05, 4.69) is 5.32 Å². The molecule has 2 N–H and O–H groups in total. The van der Waals surface area contributed by atoms with Crippen molar-refractivity contribution in [3.63, 3.8) is 0 Å². The van der Waals surface area contributed by atoms with Crippen LogP contribution in [-0.4, -0.2) is 55.9 Å². The van der Waals surface area contributed by atoms with Crippen molar-refractivity contribution in [3.05, 3.63) is 23.8 Å². The summed E-state index contributed by atoms with van der Waals surface area (Å²) in [5.41, 5.74) is 0.0653. The summed E-state index contributed by atoms with van der Waals surface area (Å²) >= 11 is 0. The first-order chi connectivity index (χ1) is 12.2. The van der Waals surface area contributed by atoms with E-state index < -0.39 is 27.9 Å². The van der Waals surface area contributed by atoms with Crippen molar-refractivity contribution in [1.82, 2.24) is 9.62 Å². The van der Waals surface area contributed by atoms with Crippen molar-refractivity contribution < 1.29 is 27.9 Å². The molecule has 1 heterocycles. The third-order valence-electron chi connectivity index (χ3n) is 4.33. The molecule has 2 rings (SSSR count). The third kappa shape index (κ3) is 4.16. The second-order valence-corrected chi connectivity index (χ2v) is 8.42. The number of nitrogens with zero attached hydrogens (tertiary/aromatic N) is 1. The highest BCUT2D eigenvalue weighted by Gasteiger charge is 2.31. The first kappa shape index (κ1) is 20.2. The molecule has 1 fully saturated rings. The van der Waals surface area contributed by atoms with Crippen LogP contribution in [0.5, 0.6) is 5.75 Å². The van der Waals surface area contributed by atoms with Gasteiger partial charge in [-0.2, -0.15) is 4.31 Å². The second-order valence-electron chi connectivity index (χ2n) is 6.51. The third-order valence-corrected chi connectivity index (χ3v) is 6.25. The van der Waals surface area contributed by atoms with E-state index >= 15 is 0 Å². The van der Waals surface area contributed by atoms with Crippen molar-refractivity contribution >= 4 is 21.9 Å². The fraction of sp³-hybridized carbons (Fsp3) is 0.529. The average Bonchev–Trinajstić information content (AvgIpc) is 3.13. The summed E-state index contributed by atoms with van der Waals surface area (Å²) in [5.74, 6) is -1.96. The van der Waals surface area contributed by atoms with Gasteiger partial charge in [0.15, 0.2) is 0 Å². The van der Waals surface area contributed by atoms with Gasteiger partial charge in [-0.1, -0.05) is 13.8 Å². The van der Waals surface area contributed by atoms with Gasteiger partial charge >= 0.3 is 5.97 Å². The van der Waals surface area contributed by atoms with Crippen molar-refractivity contribution in [1.29, 1.82) is 0 Å². The number of carbonyl (C=O) groups is 2. The van der Waals surface area contributed by atoms with E-state index in [-0.39, 0.29) is 22.1 Å². The molecule has 1 atom stereocenters. The molecule has 0 aliphatic carbocycles. The molecule has 1 unspecified atom stereocenters. The number of carbonyl (C=O) groups excluding carboxylic acids is 1. The molecule has 1 amide bonds. The largest absolute Gasteiger partial charge is 0.495 e. The van der Waals surface area contributed by atoms with Crippen molar-refractivity contribution in [2.45, 2.75) is 37.6 Å². The van der Waals surface area contributed by atoms with Crippen LogP contribution in [0.2, 0.25) is 0 Å². The van der Waals surface area contributed by atoms with E-state index in [0.717, 1.165) is 12.8 Å². The molecule has 0 spiro atoms. The van der Waals surface area contributed by atoms with Crippen LogP contribution in [-0.2, 0) is 14.8 Å². The van der Waals surface area contributed by atoms with Gasteiger partial charge in [0.2, 0.25) is 10.0 Å². The summed E-state index contributed by atoms with van der Waals surface area (Å²) in [4.78, 5) is 23.6. The molecule has 1 aliphatic rings. The van der Waals surface area contributed by atoms with E-state index in [1.54, 1.807) is 13.8 Å². The Kier molecular flexibility index (Phi) is 6.25. The molecule has 1 aromatic rings. The minimum absolute atomic E-state index is 0.0653. The maximum Gasteiger partial charge on any atom is 0.326 e. The Morgan fingerprint density at radius 1 is 1.23 bits per heavy atom. The van der Waals surface area contributed by atoms with Gasteiger partial charge < -0.3 is 15.2 Å². The Morgan fingerprint density at radius 2 is 1.85 bits per heavy atom. The number of aliphatic carboxylic acids is 1. The number of sulfonamides is 1. The quantitative estimate of drug-likeness (QED) is 0.733. The van der Waals surface area contributed by atoms with Crippen LogP contribution in [0, 0.1) is 5.92 Å². The SMILES string of the molecule is COc1ccc(C(=O)NC(C(=O)O)C(C)C)cc1S(=O)(=O)N1CCCC1. The molecule has 0 aromatic heterocycles. The Balaban J connectivity index is 2.37. The van der Waals surface area contributed by atoms with E-state index in [1.807, 2.05) is 0 Å². The molecule has 8 nitrogen and oxygen atoms in total. The Labute approximate surface area is 153 Å². The van der Waals surface area contributed by atoms with Gasteiger partial charge in [-0.05, 0) is 37.0 Å². The average molecular weight is 384 g/mol. The van der Waals surface area contributed by atoms with Crippen LogP contribution in [0.1, 0.15) is 37.0 Å². The second kappa shape index (κ2) is 8.05.